The van der Waals surface area contributed by atoms with E-state index < -0.39 is 64.1 Å². The topological polar surface area (TPSA) is 179 Å². The Balaban J connectivity index is 1.30. The van der Waals surface area contributed by atoms with Crippen LogP contribution in [0.3, 0.4) is 0 Å². The highest BCUT2D eigenvalue weighted by molar-refractivity contribution is 6.22. The van der Waals surface area contributed by atoms with Gasteiger partial charge >= 0.3 is 6.03 Å². The maximum absolute atomic E-state index is 13.6. The van der Waals surface area contributed by atoms with Crippen molar-refractivity contribution in [2.75, 3.05) is 10.6 Å². The second-order valence-corrected chi connectivity index (χ2v) is 10.4. The SMILES string of the molecule is NC(=O)C1=C(O)CC2CC3Cc4ccc(NC(=O)Nc5cccc6ccccc56)c(O)c4C(=O)C3=C(O)C2C1=O. The molecule has 3 unspecified atom stereocenters. The van der Waals surface area contributed by atoms with Gasteiger partial charge in [0.2, 0.25) is 0 Å². The number of hydrogen-bond donors (Lipinski definition) is 6. The molecule has 0 saturated carbocycles. The van der Waals surface area contributed by atoms with E-state index in [2.05, 4.69) is 10.6 Å². The van der Waals surface area contributed by atoms with E-state index in [1.807, 2.05) is 30.3 Å². The van der Waals surface area contributed by atoms with Gasteiger partial charge in [0.1, 0.15) is 17.1 Å². The Morgan fingerprint density at radius 1 is 0.875 bits per heavy atom. The quantitative estimate of drug-likeness (QED) is 0.212. The van der Waals surface area contributed by atoms with Crippen molar-refractivity contribution in [2.45, 2.75) is 19.3 Å². The average molecular weight is 540 g/mol. The summed E-state index contributed by atoms with van der Waals surface area (Å²) in [7, 11) is 0. The molecule has 10 nitrogen and oxygen atoms in total. The van der Waals surface area contributed by atoms with Gasteiger partial charge in [-0.15, -0.1) is 0 Å². The van der Waals surface area contributed by atoms with Gasteiger partial charge in [0.25, 0.3) is 5.91 Å². The number of fused-ring (bicyclic) bond motifs is 4. The van der Waals surface area contributed by atoms with E-state index in [0.717, 1.165) is 10.8 Å². The van der Waals surface area contributed by atoms with E-state index in [-0.39, 0.29) is 23.2 Å². The Bertz CT molecular complexity index is 1720. The number of ketones is 2. The summed E-state index contributed by atoms with van der Waals surface area (Å²) in [6, 6.07) is 15.5. The van der Waals surface area contributed by atoms with E-state index in [9.17, 15) is 34.5 Å². The van der Waals surface area contributed by atoms with Crippen LogP contribution in [0, 0.1) is 17.8 Å². The highest BCUT2D eigenvalue weighted by Gasteiger charge is 2.50. The molecule has 10 heteroatoms. The summed E-state index contributed by atoms with van der Waals surface area (Å²) in [5, 5.41) is 39.5. The maximum atomic E-state index is 13.6. The first-order valence-electron chi connectivity index (χ1n) is 12.8. The number of amides is 3. The lowest BCUT2D eigenvalue weighted by Crippen LogP contribution is -2.43. The molecular formula is C30H25N3O7. The fraction of sp³-hybridized carbons (Fsp3) is 0.200. The van der Waals surface area contributed by atoms with E-state index >= 15 is 0 Å². The minimum Gasteiger partial charge on any atom is -0.511 e. The van der Waals surface area contributed by atoms with Crippen LogP contribution in [-0.2, 0) is 16.0 Å². The van der Waals surface area contributed by atoms with Crippen molar-refractivity contribution in [3.05, 3.63) is 88.4 Å². The lowest BCUT2D eigenvalue weighted by molar-refractivity contribution is -0.126. The molecule has 0 aromatic heterocycles. The third kappa shape index (κ3) is 3.87. The zero-order valence-electron chi connectivity index (χ0n) is 21.1. The number of anilines is 2. The molecule has 0 aliphatic heterocycles. The highest BCUT2D eigenvalue weighted by Crippen LogP contribution is 2.50. The van der Waals surface area contributed by atoms with Gasteiger partial charge in [-0.3, -0.25) is 14.4 Å². The molecule has 0 spiro atoms. The van der Waals surface area contributed by atoms with Crippen LogP contribution in [0.15, 0.2) is 77.3 Å². The molecular weight excluding hydrogens is 514 g/mol. The number of benzene rings is 3. The Labute approximate surface area is 227 Å². The molecule has 0 bridgehead atoms. The van der Waals surface area contributed by atoms with Crippen molar-refractivity contribution < 1.29 is 34.5 Å². The maximum Gasteiger partial charge on any atom is 0.323 e. The number of urea groups is 1. The number of aromatic hydroxyl groups is 1. The summed E-state index contributed by atoms with van der Waals surface area (Å²) in [5.74, 6) is -6.08. The zero-order chi connectivity index (χ0) is 28.3. The van der Waals surface area contributed by atoms with Crippen LogP contribution >= 0.6 is 0 Å². The number of aliphatic hydroxyl groups is 2. The summed E-state index contributed by atoms with van der Waals surface area (Å²) in [5.41, 5.74) is 5.71. The third-order valence-electron chi connectivity index (χ3n) is 8.05. The first-order chi connectivity index (χ1) is 19.2. The largest absolute Gasteiger partial charge is 0.511 e. The Morgan fingerprint density at radius 2 is 1.60 bits per heavy atom. The molecule has 40 heavy (non-hydrogen) atoms. The number of aliphatic hydroxyl groups excluding tert-OH is 2. The summed E-state index contributed by atoms with van der Waals surface area (Å²) in [4.78, 5) is 51.3. The summed E-state index contributed by atoms with van der Waals surface area (Å²) in [6.07, 6.45) is 0.579. The predicted molar refractivity (Wildman–Crippen MR) is 146 cm³/mol. The molecule has 3 atom stereocenters. The standard InChI is InChI=1S/C30H25N3O7/c31-29(39)24-20(34)12-16-11-15-10-14-8-9-19(25(35)21(14)26(36)22(15)27(37)23(16)28(24)38)33-30(40)32-18-7-3-5-13-4-1-2-6-17(13)18/h1-9,15-16,23,34-35,37H,10-12H2,(H2,31,39)(H2,32,33,40). The van der Waals surface area contributed by atoms with Gasteiger partial charge in [0.05, 0.1) is 22.9 Å². The van der Waals surface area contributed by atoms with Crippen molar-refractivity contribution in [1.29, 1.82) is 0 Å². The lowest BCUT2D eigenvalue weighted by Gasteiger charge is -2.40. The fourth-order valence-corrected chi connectivity index (χ4v) is 6.33. The number of hydrogen-bond acceptors (Lipinski definition) is 7. The first kappa shape index (κ1) is 25.2. The van der Waals surface area contributed by atoms with Crippen LogP contribution in [0.4, 0.5) is 16.2 Å². The molecule has 0 radical (unpaired) electrons. The lowest BCUT2D eigenvalue weighted by atomic mass is 9.62. The fourth-order valence-electron chi connectivity index (χ4n) is 6.33. The number of allylic oxidation sites excluding steroid dienone is 3. The minimum absolute atomic E-state index is 0.00493. The first-order valence-corrected chi connectivity index (χ1v) is 12.8. The third-order valence-corrected chi connectivity index (χ3v) is 8.05. The number of primary amides is 1. The smallest absolute Gasteiger partial charge is 0.323 e. The Morgan fingerprint density at radius 3 is 2.38 bits per heavy atom. The molecule has 7 N–H and O–H groups in total. The zero-order valence-corrected chi connectivity index (χ0v) is 21.1. The second kappa shape index (κ2) is 9.26. The average Bonchev–Trinajstić information content (AvgIpc) is 2.89. The number of rotatable bonds is 3. The van der Waals surface area contributed by atoms with Crippen LogP contribution in [0.1, 0.15) is 28.8 Å². The van der Waals surface area contributed by atoms with Crippen molar-refractivity contribution in [2.24, 2.45) is 23.5 Å². The number of phenols is 1. The summed E-state index contributed by atoms with van der Waals surface area (Å²) >= 11 is 0. The molecule has 202 valence electrons. The van der Waals surface area contributed by atoms with Crippen molar-refractivity contribution >= 4 is 45.7 Å². The summed E-state index contributed by atoms with van der Waals surface area (Å²) in [6.45, 7) is 0. The number of nitrogens with one attached hydrogen (secondary N) is 2. The van der Waals surface area contributed by atoms with E-state index in [1.54, 1.807) is 18.2 Å². The summed E-state index contributed by atoms with van der Waals surface area (Å²) < 4.78 is 0. The molecule has 3 aliphatic rings. The Kier molecular flexibility index (Phi) is 5.83. The molecule has 0 saturated heterocycles. The molecule has 0 heterocycles. The normalized spacial score (nSPS) is 21.9. The van der Waals surface area contributed by atoms with Crippen molar-refractivity contribution in [3.8, 4) is 5.75 Å². The van der Waals surface area contributed by atoms with Crippen LogP contribution < -0.4 is 16.4 Å². The van der Waals surface area contributed by atoms with Crippen LogP contribution in [0.25, 0.3) is 10.8 Å². The molecule has 6 rings (SSSR count). The highest BCUT2D eigenvalue weighted by atomic mass is 16.3. The van der Waals surface area contributed by atoms with Gasteiger partial charge in [-0.2, -0.15) is 0 Å². The number of carbonyl (C=O) groups is 4. The van der Waals surface area contributed by atoms with Gasteiger partial charge in [0.15, 0.2) is 17.3 Å². The molecule has 3 amide bonds. The second-order valence-electron chi connectivity index (χ2n) is 10.4. The van der Waals surface area contributed by atoms with Crippen LogP contribution in [-0.4, -0.2) is 38.8 Å². The number of carbonyl (C=O) groups excluding carboxylic acids is 4. The van der Waals surface area contributed by atoms with Gasteiger partial charge < -0.3 is 31.7 Å². The predicted octanol–water partition coefficient (Wildman–Crippen LogP) is 4.26. The van der Waals surface area contributed by atoms with E-state index in [1.165, 1.54) is 6.07 Å². The van der Waals surface area contributed by atoms with Gasteiger partial charge in [-0.1, -0.05) is 42.5 Å². The van der Waals surface area contributed by atoms with E-state index in [4.69, 9.17) is 5.73 Å². The number of phenolic OH excluding ortho intramolecular Hbond substituents is 1. The van der Waals surface area contributed by atoms with Crippen LogP contribution in [0.5, 0.6) is 5.75 Å². The minimum atomic E-state index is -1.19. The van der Waals surface area contributed by atoms with Crippen molar-refractivity contribution in [1.82, 2.24) is 0 Å². The number of nitrogens with two attached hydrogens (primary N) is 1. The number of Topliss-reactive ketones (excluding diaryl/α,β-unsaturated/α-hetero) is 2. The Hall–Kier alpha value is -5.12. The van der Waals surface area contributed by atoms with Gasteiger partial charge in [0, 0.05) is 17.4 Å². The monoisotopic (exact) mass is 539 g/mol. The molecule has 3 aromatic carbocycles. The van der Waals surface area contributed by atoms with E-state index in [0.29, 0.717) is 24.1 Å². The molecule has 3 aromatic rings. The van der Waals surface area contributed by atoms with Gasteiger partial charge in [-0.25, -0.2) is 4.79 Å². The van der Waals surface area contributed by atoms with Crippen LogP contribution in [0.2, 0.25) is 0 Å². The van der Waals surface area contributed by atoms with Crippen molar-refractivity contribution in [3.63, 3.8) is 0 Å². The van der Waals surface area contributed by atoms with Gasteiger partial charge in [-0.05, 0) is 47.8 Å². The molecule has 3 aliphatic carbocycles. The molecule has 0 fully saturated rings.